The van der Waals surface area contributed by atoms with Crippen molar-refractivity contribution in [1.82, 2.24) is 5.16 Å². The molecule has 1 saturated carbocycles. The van der Waals surface area contributed by atoms with Crippen LogP contribution in [-0.2, 0) is 5.41 Å². The number of allylic oxidation sites excluding steroid dienone is 5. The van der Waals surface area contributed by atoms with Gasteiger partial charge in [-0.15, -0.1) is 0 Å². The van der Waals surface area contributed by atoms with Gasteiger partial charge in [0, 0.05) is 11.5 Å². The summed E-state index contributed by atoms with van der Waals surface area (Å²) >= 11 is 0. The maximum atomic E-state index is 5.61. The zero-order chi connectivity index (χ0) is 14.0. The second-order valence-electron chi connectivity index (χ2n) is 6.20. The van der Waals surface area contributed by atoms with Crippen LogP contribution in [0.25, 0.3) is 5.57 Å². The predicted octanol–water partition coefficient (Wildman–Crippen LogP) is 5.00. The first-order chi connectivity index (χ1) is 8.95. The summed E-state index contributed by atoms with van der Waals surface area (Å²) in [6.45, 7) is 12.7. The summed E-state index contributed by atoms with van der Waals surface area (Å²) in [4.78, 5) is 0. The lowest BCUT2D eigenvalue weighted by atomic mass is 9.83. The highest BCUT2D eigenvalue weighted by atomic mass is 16.5. The van der Waals surface area contributed by atoms with Gasteiger partial charge in [-0.2, -0.15) is 0 Å². The van der Waals surface area contributed by atoms with Gasteiger partial charge in [-0.05, 0) is 30.8 Å². The van der Waals surface area contributed by atoms with Crippen molar-refractivity contribution >= 4 is 5.57 Å². The van der Waals surface area contributed by atoms with Gasteiger partial charge in [-0.25, -0.2) is 0 Å². The lowest BCUT2D eigenvalue weighted by Crippen LogP contribution is -2.14. The summed E-state index contributed by atoms with van der Waals surface area (Å²) in [5.41, 5.74) is 3.09. The van der Waals surface area contributed by atoms with Crippen LogP contribution < -0.4 is 0 Å². The van der Waals surface area contributed by atoms with Crippen LogP contribution in [0.1, 0.15) is 63.5 Å². The van der Waals surface area contributed by atoms with Crippen molar-refractivity contribution in [3.05, 3.63) is 47.9 Å². The van der Waals surface area contributed by atoms with Crippen LogP contribution in [0, 0.1) is 0 Å². The Bertz CT molecular complexity index is 522. The van der Waals surface area contributed by atoms with Crippen LogP contribution in [-0.4, -0.2) is 5.16 Å². The number of aromatic nitrogens is 1. The largest absolute Gasteiger partial charge is 0.360 e. The van der Waals surface area contributed by atoms with Crippen LogP contribution in [0.15, 0.2) is 35.4 Å². The quantitative estimate of drug-likeness (QED) is 0.710. The molecule has 1 fully saturated rings. The van der Waals surface area contributed by atoms with Gasteiger partial charge in [0.25, 0.3) is 0 Å². The molecule has 0 unspecified atom stereocenters. The van der Waals surface area contributed by atoms with E-state index >= 15 is 0 Å². The van der Waals surface area contributed by atoms with E-state index in [1.165, 1.54) is 18.4 Å². The average molecular weight is 257 g/mol. The summed E-state index contributed by atoms with van der Waals surface area (Å²) in [5, 5.41) is 4.27. The molecule has 2 heteroatoms. The van der Waals surface area contributed by atoms with Crippen LogP contribution in [0.4, 0.5) is 0 Å². The molecular weight excluding hydrogens is 234 g/mol. The molecule has 0 atom stereocenters. The van der Waals surface area contributed by atoms with E-state index in [0.29, 0.717) is 5.92 Å². The van der Waals surface area contributed by atoms with Crippen LogP contribution >= 0.6 is 0 Å². The predicted molar refractivity (Wildman–Crippen MR) is 80.2 cm³/mol. The second kappa shape index (κ2) is 5.20. The van der Waals surface area contributed by atoms with Crippen molar-refractivity contribution in [2.24, 2.45) is 0 Å². The minimum absolute atomic E-state index is 0.0324. The standard InChI is InChI=1S/C17H23NO/c1-6-7-8-9-12(2)15-14(17(3,4)5)16(19-18-15)13-10-11-13/h6-9,13H,2,10-11H2,1,3-5H3/b7-6-,9-8-. The summed E-state index contributed by atoms with van der Waals surface area (Å²) in [5.74, 6) is 1.64. The second-order valence-corrected chi connectivity index (χ2v) is 6.20. The van der Waals surface area contributed by atoms with Crippen molar-refractivity contribution in [3.63, 3.8) is 0 Å². The van der Waals surface area contributed by atoms with Gasteiger partial charge in [0.15, 0.2) is 0 Å². The fourth-order valence-electron chi connectivity index (χ4n) is 2.23. The molecule has 0 aromatic carbocycles. The highest BCUT2D eigenvalue weighted by Crippen LogP contribution is 2.46. The molecule has 102 valence electrons. The van der Waals surface area contributed by atoms with E-state index in [-0.39, 0.29) is 5.41 Å². The van der Waals surface area contributed by atoms with Gasteiger partial charge in [0.1, 0.15) is 11.5 Å². The number of hydrogen-bond donors (Lipinski definition) is 0. The van der Waals surface area contributed by atoms with Crippen LogP contribution in [0.5, 0.6) is 0 Å². The molecule has 19 heavy (non-hydrogen) atoms. The molecule has 1 aromatic heterocycles. The summed E-state index contributed by atoms with van der Waals surface area (Å²) in [7, 11) is 0. The fourth-order valence-corrected chi connectivity index (χ4v) is 2.23. The monoisotopic (exact) mass is 257 g/mol. The molecule has 0 saturated heterocycles. The Morgan fingerprint density at radius 3 is 2.53 bits per heavy atom. The third-order valence-corrected chi connectivity index (χ3v) is 3.32. The minimum atomic E-state index is 0.0324. The maximum Gasteiger partial charge on any atom is 0.144 e. The molecule has 0 aliphatic heterocycles. The van der Waals surface area contributed by atoms with E-state index in [1.807, 2.05) is 31.2 Å². The average Bonchev–Trinajstić information content (AvgIpc) is 3.06. The molecule has 1 heterocycles. The number of hydrogen-bond acceptors (Lipinski definition) is 2. The van der Waals surface area contributed by atoms with Gasteiger partial charge >= 0.3 is 0 Å². The SMILES string of the molecule is C=C(/C=C\C=C/C)c1noc(C2CC2)c1C(C)(C)C. The summed E-state index contributed by atoms with van der Waals surface area (Å²) < 4.78 is 5.61. The summed E-state index contributed by atoms with van der Waals surface area (Å²) in [6, 6.07) is 0. The Morgan fingerprint density at radius 2 is 2.00 bits per heavy atom. The van der Waals surface area contributed by atoms with E-state index in [4.69, 9.17) is 4.52 Å². The third kappa shape index (κ3) is 3.06. The highest BCUT2D eigenvalue weighted by molar-refractivity contribution is 5.73. The molecule has 1 aliphatic carbocycles. The maximum absolute atomic E-state index is 5.61. The van der Waals surface area contributed by atoms with Gasteiger partial charge in [0.2, 0.25) is 0 Å². The van der Waals surface area contributed by atoms with Crippen LogP contribution in [0.2, 0.25) is 0 Å². The van der Waals surface area contributed by atoms with E-state index in [2.05, 4.69) is 32.5 Å². The molecule has 1 aliphatic rings. The van der Waals surface area contributed by atoms with Crippen molar-refractivity contribution in [1.29, 1.82) is 0 Å². The van der Waals surface area contributed by atoms with Gasteiger partial charge in [0.05, 0.1) is 0 Å². The smallest absolute Gasteiger partial charge is 0.144 e. The Hall–Kier alpha value is -1.57. The zero-order valence-electron chi connectivity index (χ0n) is 12.4. The zero-order valence-corrected chi connectivity index (χ0v) is 12.4. The molecular formula is C17H23NO. The van der Waals surface area contributed by atoms with Crippen molar-refractivity contribution in [3.8, 4) is 0 Å². The molecule has 0 bridgehead atoms. The van der Waals surface area contributed by atoms with E-state index < -0.39 is 0 Å². The molecule has 0 N–H and O–H groups in total. The Labute approximate surface area is 115 Å². The molecule has 1 aromatic rings. The van der Waals surface area contributed by atoms with Crippen LogP contribution in [0.3, 0.4) is 0 Å². The van der Waals surface area contributed by atoms with E-state index in [1.54, 1.807) is 0 Å². The Balaban J connectivity index is 2.37. The van der Waals surface area contributed by atoms with Gasteiger partial charge in [-0.1, -0.05) is 56.8 Å². The number of nitrogens with zero attached hydrogens (tertiary/aromatic N) is 1. The lowest BCUT2D eigenvalue weighted by molar-refractivity contribution is 0.378. The Morgan fingerprint density at radius 1 is 1.32 bits per heavy atom. The molecule has 0 radical (unpaired) electrons. The normalized spacial score (nSPS) is 16.6. The minimum Gasteiger partial charge on any atom is -0.360 e. The van der Waals surface area contributed by atoms with E-state index in [0.717, 1.165) is 17.0 Å². The van der Waals surface area contributed by atoms with Gasteiger partial charge in [-0.3, -0.25) is 0 Å². The molecule has 0 spiro atoms. The van der Waals surface area contributed by atoms with E-state index in [9.17, 15) is 0 Å². The lowest BCUT2D eigenvalue weighted by Gasteiger charge is -2.19. The Kier molecular flexibility index (Phi) is 3.79. The van der Waals surface area contributed by atoms with Crippen molar-refractivity contribution in [2.75, 3.05) is 0 Å². The molecule has 2 nitrogen and oxygen atoms in total. The molecule has 2 rings (SSSR count). The first kappa shape index (κ1) is 13.9. The van der Waals surface area contributed by atoms with Gasteiger partial charge < -0.3 is 4.52 Å². The van der Waals surface area contributed by atoms with Crippen molar-refractivity contribution in [2.45, 2.75) is 51.9 Å². The number of rotatable bonds is 4. The third-order valence-electron chi connectivity index (χ3n) is 3.32. The fraction of sp³-hybridized carbons (Fsp3) is 0.471. The topological polar surface area (TPSA) is 26.0 Å². The molecule has 0 amide bonds. The highest BCUT2D eigenvalue weighted by Gasteiger charge is 2.36. The first-order valence-corrected chi connectivity index (χ1v) is 6.94. The van der Waals surface area contributed by atoms with Crippen molar-refractivity contribution < 1.29 is 4.52 Å². The first-order valence-electron chi connectivity index (χ1n) is 6.94. The summed E-state index contributed by atoms with van der Waals surface area (Å²) in [6.07, 6.45) is 10.4.